The van der Waals surface area contributed by atoms with Gasteiger partial charge in [0.1, 0.15) is 23.6 Å². The summed E-state index contributed by atoms with van der Waals surface area (Å²) >= 11 is 0. The second-order valence-corrected chi connectivity index (χ2v) is 6.39. The van der Waals surface area contributed by atoms with Crippen LogP contribution >= 0.6 is 0 Å². The first-order valence-electron chi connectivity index (χ1n) is 9.30. The summed E-state index contributed by atoms with van der Waals surface area (Å²) in [4.78, 5) is 16.5. The Morgan fingerprint density at radius 2 is 2.15 bits per heavy atom. The average Bonchev–Trinajstić information content (AvgIpc) is 3.28. The number of aromatic nitrogens is 5. The minimum Gasteiger partial charge on any atom is -0.342 e. The third-order valence-corrected chi connectivity index (χ3v) is 4.27. The summed E-state index contributed by atoms with van der Waals surface area (Å²) in [6.45, 7) is 10.1. The van der Waals surface area contributed by atoms with Crippen molar-refractivity contribution in [3.8, 4) is 0 Å². The molecule has 0 radical (unpaired) electrons. The quantitative estimate of drug-likeness (QED) is 0.569. The highest BCUT2D eigenvalue weighted by atomic mass is 15.1. The van der Waals surface area contributed by atoms with Crippen molar-refractivity contribution >= 4 is 34.7 Å². The van der Waals surface area contributed by atoms with Gasteiger partial charge in [0.15, 0.2) is 0 Å². The SMILES string of the molecule is C=Cc1nccn1/C=C(\C)Nc1ncnc2[nH]c(/C(=C/CC)CCC)cc12. The highest BCUT2D eigenvalue weighted by Crippen LogP contribution is 2.27. The molecule has 3 rings (SSSR count). The highest BCUT2D eigenvalue weighted by molar-refractivity contribution is 5.91. The number of aromatic amines is 1. The van der Waals surface area contributed by atoms with E-state index in [0.29, 0.717) is 0 Å². The first-order chi connectivity index (χ1) is 13.2. The van der Waals surface area contributed by atoms with Gasteiger partial charge in [-0.1, -0.05) is 32.9 Å². The Hall–Kier alpha value is -3.15. The van der Waals surface area contributed by atoms with Gasteiger partial charge in [-0.15, -0.1) is 0 Å². The van der Waals surface area contributed by atoms with E-state index in [4.69, 9.17) is 0 Å². The van der Waals surface area contributed by atoms with E-state index >= 15 is 0 Å². The smallest absolute Gasteiger partial charge is 0.143 e. The molecule has 27 heavy (non-hydrogen) atoms. The number of hydrogen-bond acceptors (Lipinski definition) is 4. The molecule has 140 valence electrons. The molecule has 0 spiro atoms. The third-order valence-electron chi connectivity index (χ3n) is 4.27. The Labute approximate surface area is 159 Å². The topological polar surface area (TPSA) is 71.4 Å². The maximum Gasteiger partial charge on any atom is 0.143 e. The van der Waals surface area contributed by atoms with Crippen LogP contribution in [0.5, 0.6) is 0 Å². The number of H-pyrrole nitrogens is 1. The van der Waals surface area contributed by atoms with E-state index in [2.05, 4.69) is 57.8 Å². The summed E-state index contributed by atoms with van der Waals surface area (Å²) in [6, 6.07) is 2.13. The molecule has 3 aromatic rings. The molecular weight excluding hydrogens is 336 g/mol. The van der Waals surface area contributed by atoms with Crippen LogP contribution in [0.15, 0.2) is 43.1 Å². The normalized spacial score (nSPS) is 12.6. The number of hydrogen-bond donors (Lipinski definition) is 2. The summed E-state index contributed by atoms with van der Waals surface area (Å²) in [5.74, 6) is 1.57. The Balaban J connectivity index is 1.93. The van der Waals surface area contributed by atoms with E-state index in [0.717, 1.165) is 53.3 Å². The van der Waals surface area contributed by atoms with Crippen LogP contribution in [0, 0.1) is 0 Å². The number of rotatable bonds is 8. The van der Waals surface area contributed by atoms with Gasteiger partial charge in [-0.05, 0) is 37.5 Å². The van der Waals surface area contributed by atoms with Gasteiger partial charge in [0.05, 0.1) is 5.39 Å². The molecule has 0 aliphatic heterocycles. The van der Waals surface area contributed by atoms with Crippen molar-refractivity contribution in [1.29, 1.82) is 0 Å². The number of anilines is 1. The van der Waals surface area contributed by atoms with Gasteiger partial charge in [0, 0.05) is 30.0 Å². The van der Waals surface area contributed by atoms with Crippen LogP contribution in [-0.2, 0) is 0 Å². The maximum atomic E-state index is 4.44. The molecule has 2 N–H and O–H groups in total. The Morgan fingerprint density at radius 3 is 2.89 bits per heavy atom. The second kappa shape index (κ2) is 8.49. The zero-order valence-electron chi connectivity index (χ0n) is 16.2. The first kappa shape index (κ1) is 18.6. The molecule has 3 heterocycles. The summed E-state index contributed by atoms with van der Waals surface area (Å²) < 4.78 is 1.92. The van der Waals surface area contributed by atoms with Crippen molar-refractivity contribution in [1.82, 2.24) is 24.5 Å². The zero-order valence-corrected chi connectivity index (χ0v) is 16.2. The van der Waals surface area contributed by atoms with E-state index < -0.39 is 0 Å². The van der Waals surface area contributed by atoms with Gasteiger partial charge in [-0.2, -0.15) is 0 Å². The number of nitrogens with one attached hydrogen (secondary N) is 2. The van der Waals surface area contributed by atoms with Crippen molar-refractivity contribution in [3.05, 3.63) is 54.7 Å². The van der Waals surface area contributed by atoms with Crippen LogP contribution in [0.1, 0.15) is 51.6 Å². The molecule has 0 amide bonds. The van der Waals surface area contributed by atoms with Crippen LogP contribution in [0.3, 0.4) is 0 Å². The van der Waals surface area contributed by atoms with Crippen molar-refractivity contribution in [2.75, 3.05) is 5.32 Å². The number of imidazole rings is 1. The lowest BCUT2D eigenvalue weighted by atomic mass is 10.1. The molecule has 6 heteroatoms. The van der Waals surface area contributed by atoms with Gasteiger partial charge in [-0.25, -0.2) is 15.0 Å². The summed E-state index contributed by atoms with van der Waals surface area (Å²) in [6.07, 6.45) is 14.3. The standard InChI is InChI=1S/C21H26N6/c1-5-8-16(9-6-2)18-12-17-20(23-14-24-21(17)26-18)25-15(4)13-27-11-10-22-19(27)7-3/h7-8,10-14H,3,5-6,9H2,1-2,4H3,(H2,23,24,25,26)/b15-13+,16-8+. The monoisotopic (exact) mass is 362 g/mol. The molecular formula is C21H26N6. The van der Waals surface area contributed by atoms with Gasteiger partial charge in [0.25, 0.3) is 0 Å². The van der Waals surface area contributed by atoms with E-state index in [1.165, 1.54) is 5.57 Å². The van der Waals surface area contributed by atoms with E-state index in [-0.39, 0.29) is 0 Å². The van der Waals surface area contributed by atoms with E-state index in [1.807, 2.05) is 23.9 Å². The van der Waals surface area contributed by atoms with Gasteiger partial charge < -0.3 is 14.9 Å². The Bertz CT molecular complexity index is 989. The molecule has 0 saturated heterocycles. The van der Waals surface area contributed by atoms with E-state index in [1.54, 1.807) is 18.6 Å². The lowest BCUT2D eigenvalue weighted by Gasteiger charge is -2.07. The number of fused-ring (bicyclic) bond motifs is 1. The largest absolute Gasteiger partial charge is 0.342 e. The molecule has 0 aromatic carbocycles. The first-order valence-corrected chi connectivity index (χ1v) is 9.30. The predicted molar refractivity (Wildman–Crippen MR) is 113 cm³/mol. The number of nitrogens with zero attached hydrogens (tertiary/aromatic N) is 4. The predicted octanol–water partition coefficient (Wildman–Crippen LogP) is 5.32. The molecule has 0 aliphatic rings. The minimum atomic E-state index is 0.781. The highest BCUT2D eigenvalue weighted by Gasteiger charge is 2.11. The van der Waals surface area contributed by atoms with Gasteiger partial charge in [0.2, 0.25) is 0 Å². The Kier molecular flexibility index (Phi) is 5.86. The molecule has 0 bridgehead atoms. The van der Waals surface area contributed by atoms with Crippen molar-refractivity contribution in [3.63, 3.8) is 0 Å². The average molecular weight is 362 g/mol. The fourth-order valence-corrected chi connectivity index (χ4v) is 3.09. The van der Waals surface area contributed by atoms with Gasteiger partial charge in [-0.3, -0.25) is 0 Å². The fraction of sp³-hybridized carbons (Fsp3) is 0.286. The molecule has 3 aromatic heterocycles. The zero-order chi connectivity index (χ0) is 19.2. The lowest BCUT2D eigenvalue weighted by molar-refractivity contribution is 0.962. The van der Waals surface area contributed by atoms with Crippen LogP contribution in [0.4, 0.5) is 5.82 Å². The molecule has 0 unspecified atom stereocenters. The third kappa shape index (κ3) is 4.16. The second-order valence-electron chi connectivity index (χ2n) is 6.39. The molecule has 0 aliphatic carbocycles. The van der Waals surface area contributed by atoms with Crippen LogP contribution in [0.25, 0.3) is 28.9 Å². The van der Waals surface area contributed by atoms with Crippen molar-refractivity contribution in [2.24, 2.45) is 0 Å². The molecule has 0 saturated carbocycles. The summed E-state index contributed by atoms with van der Waals surface area (Å²) in [5.41, 5.74) is 4.22. The number of allylic oxidation sites excluding steroid dienone is 3. The van der Waals surface area contributed by atoms with Crippen molar-refractivity contribution < 1.29 is 0 Å². The summed E-state index contributed by atoms with van der Waals surface area (Å²) in [7, 11) is 0. The van der Waals surface area contributed by atoms with Crippen LogP contribution < -0.4 is 5.32 Å². The Morgan fingerprint density at radius 1 is 1.30 bits per heavy atom. The fourth-order valence-electron chi connectivity index (χ4n) is 3.09. The maximum absolute atomic E-state index is 4.44. The summed E-state index contributed by atoms with van der Waals surface area (Å²) in [5, 5.41) is 4.36. The van der Waals surface area contributed by atoms with Crippen molar-refractivity contribution in [2.45, 2.75) is 40.0 Å². The van der Waals surface area contributed by atoms with Crippen LogP contribution in [-0.4, -0.2) is 24.5 Å². The molecule has 0 atom stereocenters. The lowest BCUT2D eigenvalue weighted by Crippen LogP contribution is -2.01. The van der Waals surface area contributed by atoms with Gasteiger partial charge >= 0.3 is 0 Å². The molecule has 6 nitrogen and oxygen atoms in total. The van der Waals surface area contributed by atoms with E-state index in [9.17, 15) is 0 Å². The molecule has 0 fully saturated rings. The van der Waals surface area contributed by atoms with Crippen LogP contribution in [0.2, 0.25) is 0 Å². The minimum absolute atomic E-state index is 0.781.